The second-order valence-electron chi connectivity index (χ2n) is 7.24. The zero-order valence-electron chi connectivity index (χ0n) is 16.9. The number of aromatic nitrogens is 6. The number of halogens is 1. The Bertz CT molecular complexity index is 1250. The van der Waals surface area contributed by atoms with Crippen molar-refractivity contribution >= 4 is 17.4 Å². The van der Waals surface area contributed by atoms with Crippen molar-refractivity contribution in [1.82, 2.24) is 33.8 Å². The molecule has 5 rings (SSSR count). The summed E-state index contributed by atoms with van der Waals surface area (Å²) >= 11 is 1.30. The first-order chi connectivity index (χ1) is 15.0. The quantitative estimate of drug-likeness (QED) is 0.489. The van der Waals surface area contributed by atoms with Gasteiger partial charge in [0.2, 0.25) is 0 Å². The molecule has 10 heteroatoms. The molecule has 156 valence electrons. The molecule has 1 aliphatic heterocycles. The number of imidazole rings is 1. The zero-order valence-corrected chi connectivity index (χ0v) is 17.7. The van der Waals surface area contributed by atoms with Crippen molar-refractivity contribution in [2.75, 3.05) is 6.54 Å². The van der Waals surface area contributed by atoms with Gasteiger partial charge in [0.1, 0.15) is 23.7 Å². The highest BCUT2D eigenvalue weighted by Gasteiger charge is 2.35. The molecule has 31 heavy (non-hydrogen) atoms. The van der Waals surface area contributed by atoms with Crippen LogP contribution < -0.4 is 0 Å². The van der Waals surface area contributed by atoms with E-state index in [1.54, 1.807) is 17.2 Å². The average Bonchev–Trinajstić information content (AvgIpc) is 3.39. The van der Waals surface area contributed by atoms with E-state index < -0.39 is 0 Å². The second kappa shape index (κ2) is 7.62. The summed E-state index contributed by atoms with van der Waals surface area (Å²) in [6.07, 6.45) is 3.14. The van der Waals surface area contributed by atoms with Crippen molar-refractivity contribution in [3.05, 3.63) is 65.8 Å². The van der Waals surface area contributed by atoms with Crippen LogP contribution in [0.1, 0.15) is 34.8 Å². The van der Waals surface area contributed by atoms with Crippen molar-refractivity contribution < 1.29 is 9.18 Å². The Morgan fingerprint density at radius 2 is 1.97 bits per heavy atom. The number of rotatable bonds is 3. The molecule has 0 saturated heterocycles. The van der Waals surface area contributed by atoms with Crippen molar-refractivity contribution in [2.45, 2.75) is 26.4 Å². The van der Waals surface area contributed by atoms with Gasteiger partial charge in [0.15, 0.2) is 10.8 Å². The number of carbonyl (C=O) groups excluding carboxylic acids is 1. The Kier molecular flexibility index (Phi) is 4.78. The van der Waals surface area contributed by atoms with Gasteiger partial charge in [-0.2, -0.15) is 4.37 Å². The average molecular weight is 435 g/mol. The van der Waals surface area contributed by atoms with E-state index in [0.29, 0.717) is 35.9 Å². The molecule has 3 aromatic heterocycles. The van der Waals surface area contributed by atoms with Gasteiger partial charge in [-0.15, -0.1) is 0 Å². The summed E-state index contributed by atoms with van der Waals surface area (Å²) in [6, 6.07) is 7.15. The van der Waals surface area contributed by atoms with E-state index in [0.717, 1.165) is 16.5 Å². The summed E-state index contributed by atoms with van der Waals surface area (Å²) in [4.78, 5) is 32.7. The van der Waals surface area contributed by atoms with Crippen molar-refractivity contribution in [3.63, 3.8) is 0 Å². The van der Waals surface area contributed by atoms with Crippen LogP contribution in [0, 0.1) is 12.7 Å². The minimum Gasteiger partial charge on any atom is -0.329 e. The number of hydrogen-bond acceptors (Lipinski definition) is 7. The lowest BCUT2D eigenvalue weighted by atomic mass is 10.1. The van der Waals surface area contributed by atoms with E-state index in [-0.39, 0.29) is 17.8 Å². The predicted molar refractivity (Wildman–Crippen MR) is 113 cm³/mol. The summed E-state index contributed by atoms with van der Waals surface area (Å²) in [5.41, 5.74) is 2.69. The maximum Gasteiger partial charge on any atom is 0.254 e. The van der Waals surface area contributed by atoms with Gasteiger partial charge in [0, 0.05) is 24.8 Å². The lowest BCUT2D eigenvalue weighted by Gasteiger charge is -2.35. The predicted octanol–water partition coefficient (Wildman–Crippen LogP) is 3.52. The maximum absolute atomic E-state index is 13.3. The normalized spacial score (nSPS) is 15.7. The Labute approximate surface area is 181 Å². The first kappa shape index (κ1) is 19.4. The molecule has 0 radical (unpaired) electrons. The molecule has 1 aliphatic rings. The van der Waals surface area contributed by atoms with Gasteiger partial charge in [-0.1, -0.05) is 0 Å². The summed E-state index contributed by atoms with van der Waals surface area (Å²) < 4.78 is 19.7. The van der Waals surface area contributed by atoms with E-state index >= 15 is 0 Å². The SMILES string of the molecule is Cc1nsc(-c2nc(-c3ccncn3)c3n2CCN(C(=O)c2ccc(F)cc2)[C@@H]3C)n1. The molecule has 4 heterocycles. The lowest BCUT2D eigenvalue weighted by Crippen LogP contribution is -2.41. The fraction of sp³-hybridized carbons (Fsp3) is 0.238. The summed E-state index contributed by atoms with van der Waals surface area (Å²) in [5.74, 6) is 0.888. The van der Waals surface area contributed by atoms with Crippen LogP contribution in [0.2, 0.25) is 0 Å². The molecule has 0 N–H and O–H groups in total. The van der Waals surface area contributed by atoms with E-state index in [1.165, 1.54) is 42.1 Å². The Morgan fingerprint density at radius 1 is 1.16 bits per heavy atom. The Morgan fingerprint density at radius 3 is 2.65 bits per heavy atom. The molecular formula is C21H18FN7OS. The summed E-state index contributed by atoms with van der Waals surface area (Å²) in [5, 5.41) is 0.726. The summed E-state index contributed by atoms with van der Waals surface area (Å²) in [6.45, 7) is 4.86. The fourth-order valence-electron chi connectivity index (χ4n) is 3.87. The Hall–Kier alpha value is -3.53. The van der Waals surface area contributed by atoms with Gasteiger partial charge in [-0.05, 0) is 55.7 Å². The largest absolute Gasteiger partial charge is 0.329 e. The van der Waals surface area contributed by atoms with Crippen LogP contribution in [-0.4, -0.2) is 46.2 Å². The highest BCUT2D eigenvalue weighted by molar-refractivity contribution is 7.09. The monoisotopic (exact) mass is 435 g/mol. The molecule has 0 spiro atoms. The zero-order chi connectivity index (χ0) is 21.5. The van der Waals surface area contributed by atoms with Gasteiger partial charge >= 0.3 is 0 Å². The number of carbonyl (C=O) groups is 1. The fourth-order valence-corrected chi connectivity index (χ4v) is 4.54. The molecule has 4 aromatic rings. The van der Waals surface area contributed by atoms with Crippen LogP contribution in [0.3, 0.4) is 0 Å². The van der Waals surface area contributed by atoms with Gasteiger partial charge in [0.05, 0.1) is 17.4 Å². The van der Waals surface area contributed by atoms with Gasteiger partial charge in [-0.25, -0.2) is 24.3 Å². The molecular weight excluding hydrogens is 417 g/mol. The van der Waals surface area contributed by atoms with Gasteiger partial charge in [0.25, 0.3) is 5.91 Å². The molecule has 0 fully saturated rings. The first-order valence-electron chi connectivity index (χ1n) is 9.77. The molecule has 0 aliphatic carbocycles. The minimum atomic E-state index is -0.371. The highest BCUT2D eigenvalue weighted by Crippen LogP contribution is 2.38. The smallest absolute Gasteiger partial charge is 0.254 e. The highest BCUT2D eigenvalue weighted by atomic mass is 32.1. The van der Waals surface area contributed by atoms with Crippen LogP contribution in [0.25, 0.3) is 22.2 Å². The molecule has 0 saturated carbocycles. The molecule has 0 bridgehead atoms. The lowest BCUT2D eigenvalue weighted by molar-refractivity contribution is 0.0645. The van der Waals surface area contributed by atoms with Crippen LogP contribution in [0.15, 0.2) is 42.9 Å². The number of benzene rings is 1. The van der Waals surface area contributed by atoms with E-state index in [2.05, 4.69) is 23.9 Å². The van der Waals surface area contributed by atoms with Crippen LogP contribution in [0.4, 0.5) is 4.39 Å². The number of amides is 1. The van der Waals surface area contributed by atoms with E-state index in [1.807, 2.05) is 13.8 Å². The number of nitrogens with zero attached hydrogens (tertiary/aromatic N) is 7. The standard InChI is InChI=1S/C21H18FN7OS/c1-12-18-17(16-7-8-23-11-24-16)26-19(20-25-13(2)27-31-20)29(18)10-9-28(12)21(30)14-3-5-15(22)6-4-14/h3-8,11-12H,9-10H2,1-2H3/t12-/m1/s1. The molecule has 8 nitrogen and oxygen atoms in total. The van der Waals surface area contributed by atoms with Crippen molar-refractivity contribution in [1.29, 1.82) is 0 Å². The molecule has 1 amide bonds. The van der Waals surface area contributed by atoms with Crippen molar-refractivity contribution in [3.8, 4) is 22.2 Å². The van der Waals surface area contributed by atoms with Crippen LogP contribution in [0.5, 0.6) is 0 Å². The van der Waals surface area contributed by atoms with Crippen LogP contribution >= 0.6 is 11.5 Å². The third-order valence-electron chi connectivity index (χ3n) is 5.33. The van der Waals surface area contributed by atoms with Crippen LogP contribution in [-0.2, 0) is 6.54 Å². The molecule has 1 atom stereocenters. The van der Waals surface area contributed by atoms with Gasteiger partial charge in [-0.3, -0.25) is 4.79 Å². The maximum atomic E-state index is 13.3. The van der Waals surface area contributed by atoms with E-state index in [4.69, 9.17) is 4.98 Å². The Balaban J connectivity index is 1.61. The van der Waals surface area contributed by atoms with Crippen molar-refractivity contribution in [2.24, 2.45) is 0 Å². The minimum absolute atomic E-state index is 0.151. The number of hydrogen-bond donors (Lipinski definition) is 0. The molecule has 1 aromatic carbocycles. The second-order valence-corrected chi connectivity index (χ2v) is 8.00. The number of aryl methyl sites for hydroxylation is 1. The first-order valence-corrected chi connectivity index (χ1v) is 10.5. The summed E-state index contributed by atoms with van der Waals surface area (Å²) in [7, 11) is 0. The third-order valence-corrected chi connectivity index (χ3v) is 6.13. The molecule has 0 unspecified atom stereocenters. The third kappa shape index (κ3) is 3.38. The number of fused-ring (bicyclic) bond motifs is 1. The topological polar surface area (TPSA) is 89.7 Å². The van der Waals surface area contributed by atoms with Gasteiger partial charge < -0.3 is 9.47 Å². The van der Waals surface area contributed by atoms with E-state index in [9.17, 15) is 9.18 Å².